The Morgan fingerprint density at radius 1 is 0.677 bits per heavy atom. The molecule has 31 heavy (non-hydrogen) atoms. The molecule has 3 aromatic rings. The van der Waals surface area contributed by atoms with Gasteiger partial charge >= 0.3 is 0 Å². The van der Waals surface area contributed by atoms with Crippen LogP contribution >= 0.6 is 0 Å². The Balaban J connectivity index is 0.00000132. The van der Waals surface area contributed by atoms with Crippen LogP contribution in [0.3, 0.4) is 0 Å². The van der Waals surface area contributed by atoms with Crippen LogP contribution in [0.5, 0.6) is 0 Å². The van der Waals surface area contributed by atoms with E-state index in [9.17, 15) is 13.2 Å². The van der Waals surface area contributed by atoms with Gasteiger partial charge in [-0.2, -0.15) is 0 Å². The van der Waals surface area contributed by atoms with Gasteiger partial charge in [-0.05, 0) is 73.7 Å². The largest absolute Gasteiger partial charge is 0.204 e. The summed E-state index contributed by atoms with van der Waals surface area (Å²) in [5.41, 5.74) is 5.10. The molecule has 0 heterocycles. The number of benzene rings is 3. The minimum atomic E-state index is -1.48. The Kier molecular flexibility index (Phi) is 7.22. The number of aryl methyl sites for hydroxylation is 1. The van der Waals surface area contributed by atoms with Crippen LogP contribution in [0.25, 0.3) is 0 Å². The lowest BCUT2D eigenvalue weighted by Crippen LogP contribution is -1.92. The second kappa shape index (κ2) is 10.1. The van der Waals surface area contributed by atoms with Crippen molar-refractivity contribution in [3.63, 3.8) is 0 Å². The van der Waals surface area contributed by atoms with Gasteiger partial charge in [0.25, 0.3) is 0 Å². The molecule has 0 nitrogen and oxygen atoms in total. The van der Waals surface area contributed by atoms with Gasteiger partial charge in [0, 0.05) is 22.3 Å². The standard InChI is InChI=1S/C26H17F3.C2H6/c1-17-2-4-18(5-3-17)8-10-21-11-9-19(14-23(21)22-12-13-22)6-7-20-15-24(27)26(29)25(28)16-20;1-2/h2-5,9,11,14-16,22H,12-13H2,1H3;1-2H3. The van der Waals surface area contributed by atoms with E-state index in [4.69, 9.17) is 0 Å². The molecular weight excluding hydrogens is 393 g/mol. The first-order chi connectivity index (χ1) is 15.0. The summed E-state index contributed by atoms with van der Waals surface area (Å²) in [6.07, 6.45) is 2.23. The van der Waals surface area contributed by atoms with Crippen molar-refractivity contribution in [2.24, 2.45) is 0 Å². The van der Waals surface area contributed by atoms with Crippen molar-refractivity contribution in [2.75, 3.05) is 0 Å². The van der Waals surface area contributed by atoms with Gasteiger partial charge in [0.15, 0.2) is 17.5 Å². The summed E-state index contributed by atoms with van der Waals surface area (Å²) >= 11 is 0. The molecule has 4 rings (SSSR count). The Labute approximate surface area is 182 Å². The maximum Gasteiger partial charge on any atom is 0.194 e. The molecular formula is C28H23F3. The first-order valence-corrected chi connectivity index (χ1v) is 10.4. The van der Waals surface area contributed by atoms with Crippen LogP contribution in [-0.2, 0) is 0 Å². The van der Waals surface area contributed by atoms with Crippen molar-refractivity contribution in [3.8, 4) is 23.7 Å². The molecule has 1 aliphatic rings. The zero-order valence-electron chi connectivity index (χ0n) is 17.8. The molecule has 0 bridgehead atoms. The summed E-state index contributed by atoms with van der Waals surface area (Å²) in [6.45, 7) is 6.04. The van der Waals surface area contributed by atoms with E-state index >= 15 is 0 Å². The fraction of sp³-hybridized carbons (Fsp3) is 0.214. The maximum atomic E-state index is 13.3. The monoisotopic (exact) mass is 416 g/mol. The number of hydrogen-bond donors (Lipinski definition) is 0. The van der Waals surface area contributed by atoms with Crippen LogP contribution in [-0.4, -0.2) is 0 Å². The van der Waals surface area contributed by atoms with Gasteiger partial charge in [-0.25, -0.2) is 13.2 Å². The predicted octanol–water partition coefficient (Wildman–Crippen LogP) is 7.12. The molecule has 1 aliphatic carbocycles. The highest BCUT2D eigenvalue weighted by atomic mass is 19.2. The summed E-state index contributed by atoms with van der Waals surface area (Å²) in [5, 5.41) is 0. The molecule has 1 saturated carbocycles. The van der Waals surface area contributed by atoms with Gasteiger partial charge in [0.2, 0.25) is 0 Å². The molecule has 0 aliphatic heterocycles. The first-order valence-electron chi connectivity index (χ1n) is 10.4. The van der Waals surface area contributed by atoms with E-state index < -0.39 is 17.5 Å². The second-order valence-electron chi connectivity index (χ2n) is 7.20. The number of hydrogen-bond acceptors (Lipinski definition) is 0. The second-order valence-corrected chi connectivity index (χ2v) is 7.20. The third kappa shape index (κ3) is 5.80. The lowest BCUT2D eigenvalue weighted by Gasteiger charge is -2.04. The van der Waals surface area contributed by atoms with E-state index in [0.717, 1.165) is 47.2 Å². The highest BCUT2D eigenvalue weighted by Crippen LogP contribution is 2.41. The Hall–Kier alpha value is -3.43. The van der Waals surface area contributed by atoms with Gasteiger partial charge in [0.1, 0.15) is 0 Å². The first kappa shape index (κ1) is 22.3. The fourth-order valence-electron chi connectivity index (χ4n) is 3.03. The third-order valence-corrected chi connectivity index (χ3v) is 4.80. The lowest BCUT2D eigenvalue weighted by atomic mass is 10.00. The Morgan fingerprint density at radius 3 is 1.84 bits per heavy atom. The molecule has 3 heteroatoms. The summed E-state index contributed by atoms with van der Waals surface area (Å²) in [7, 11) is 0. The van der Waals surface area contributed by atoms with E-state index in [1.54, 1.807) is 0 Å². The van der Waals surface area contributed by atoms with Crippen molar-refractivity contribution >= 4 is 0 Å². The molecule has 0 N–H and O–H groups in total. The van der Waals surface area contributed by atoms with Gasteiger partial charge in [-0.1, -0.05) is 55.2 Å². The van der Waals surface area contributed by atoms with E-state index in [-0.39, 0.29) is 5.56 Å². The molecule has 1 fully saturated rings. The molecule has 0 amide bonds. The van der Waals surface area contributed by atoms with E-state index in [0.29, 0.717) is 5.92 Å². The molecule has 3 aromatic carbocycles. The van der Waals surface area contributed by atoms with Gasteiger partial charge in [-0.15, -0.1) is 0 Å². The lowest BCUT2D eigenvalue weighted by molar-refractivity contribution is 0.446. The van der Waals surface area contributed by atoms with E-state index in [1.807, 2.05) is 63.2 Å². The number of halogens is 3. The maximum absolute atomic E-state index is 13.3. The molecule has 0 atom stereocenters. The highest BCUT2D eigenvalue weighted by molar-refractivity contribution is 5.53. The zero-order valence-corrected chi connectivity index (χ0v) is 17.8. The SMILES string of the molecule is CC.Cc1ccc(C#Cc2ccc(C#Cc3cc(F)c(F)c(F)c3)cc2C2CC2)cc1. The van der Waals surface area contributed by atoms with E-state index in [1.165, 1.54) is 5.56 Å². The van der Waals surface area contributed by atoms with Crippen molar-refractivity contribution in [3.05, 3.63) is 105 Å². The van der Waals surface area contributed by atoms with Crippen LogP contribution in [0.1, 0.15) is 66.0 Å². The molecule has 0 spiro atoms. The molecule has 0 saturated heterocycles. The van der Waals surface area contributed by atoms with Crippen molar-refractivity contribution in [1.29, 1.82) is 0 Å². The van der Waals surface area contributed by atoms with Gasteiger partial charge in [0.05, 0.1) is 0 Å². The Bertz CT molecular complexity index is 1170. The molecule has 0 unspecified atom stereocenters. The predicted molar refractivity (Wildman–Crippen MR) is 119 cm³/mol. The van der Waals surface area contributed by atoms with Crippen molar-refractivity contribution < 1.29 is 13.2 Å². The normalized spacial score (nSPS) is 11.9. The van der Waals surface area contributed by atoms with Crippen LogP contribution in [0.4, 0.5) is 13.2 Å². The van der Waals surface area contributed by atoms with E-state index in [2.05, 4.69) is 23.7 Å². The van der Waals surface area contributed by atoms with Crippen LogP contribution in [0.15, 0.2) is 54.6 Å². The third-order valence-electron chi connectivity index (χ3n) is 4.80. The highest BCUT2D eigenvalue weighted by Gasteiger charge is 2.25. The van der Waals surface area contributed by atoms with Gasteiger partial charge < -0.3 is 0 Å². The molecule has 156 valence electrons. The fourth-order valence-corrected chi connectivity index (χ4v) is 3.03. The Morgan fingerprint density at radius 2 is 1.23 bits per heavy atom. The average molecular weight is 416 g/mol. The number of rotatable bonds is 1. The summed E-state index contributed by atoms with van der Waals surface area (Å²) in [6, 6.07) is 15.6. The minimum Gasteiger partial charge on any atom is -0.204 e. The van der Waals surface area contributed by atoms with Crippen LogP contribution in [0.2, 0.25) is 0 Å². The van der Waals surface area contributed by atoms with Crippen LogP contribution < -0.4 is 0 Å². The molecule has 0 aromatic heterocycles. The quantitative estimate of drug-likeness (QED) is 0.293. The van der Waals surface area contributed by atoms with Crippen molar-refractivity contribution in [2.45, 2.75) is 39.5 Å². The summed E-state index contributed by atoms with van der Waals surface area (Å²) in [4.78, 5) is 0. The average Bonchev–Trinajstić information content (AvgIpc) is 3.62. The summed E-state index contributed by atoms with van der Waals surface area (Å²) < 4.78 is 39.8. The van der Waals surface area contributed by atoms with Crippen LogP contribution in [0, 0.1) is 48.1 Å². The minimum absolute atomic E-state index is 0.0950. The molecule has 0 radical (unpaired) electrons. The summed E-state index contributed by atoms with van der Waals surface area (Å²) in [5.74, 6) is 8.58. The topological polar surface area (TPSA) is 0 Å². The van der Waals surface area contributed by atoms with Gasteiger partial charge in [-0.3, -0.25) is 0 Å². The zero-order chi connectivity index (χ0) is 22.4. The smallest absolute Gasteiger partial charge is 0.194 e. The van der Waals surface area contributed by atoms with Crippen molar-refractivity contribution in [1.82, 2.24) is 0 Å².